The Balaban J connectivity index is 2.15. The van der Waals surface area contributed by atoms with Gasteiger partial charge in [-0.15, -0.1) is 0 Å². The fraction of sp³-hybridized carbons (Fsp3) is 0.471. The molecule has 0 spiro atoms. The van der Waals surface area contributed by atoms with Crippen LogP contribution in [-0.4, -0.2) is 16.7 Å². The highest BCUT2D eigenvalue weighted by Gasteiger charge is 2.24. The predicted molar refractivity (Wildman–Crippen MR) is 82.9 cm³/mol. The first-order chi connectivity index (χ1) is 9.59. The maximum Gasteiger partial charge on any atom is 0.0872 e. The summed E-state index contributed by atoms with van der Waals surface area (Å²) < 4.78 is 0. The maximum absolute atomic E-state index is 4.58. The molecule has 3 heteroatoms. The summed E-state index contributed by atoms with van der Waals surface area (Å²) in [6, 6.07) is 4.86. The van der Waals surface area contributed by atoms with Crippen LogP contribution in [0, 0.1) is 27.7 Å². The lowest BCUT2D eigenvalue weighted by molar-refractivity contribution is 0.626. The van der Waals surface area contributed by atoms with E-state index in [0.29, 0.717) is 6.04 Å². The molecule has 1 aromatic carbocycles. The molecular formula is C17H23N3. The fourth-order valence-corrected chi connectivity index (χ4v) is 3.18. The number of hydrogen-bond acceptors (Lipinski definition) is 2. The van der Waals surface area contributed by atoms with Crippen LogP contribution in [0.25, 0.3) is 11.1 Å². The fourth-order valence-electron chi connectivity index (χ4n) is 3.18. The zero-order valence-electron chi connectivity index (χ0n) is 12.8. The normalized spacial score (nSPS) is 18.7. The van der Waals surface area contributed by atoms with Gasteiger partial charge in [-0.25, -0.2) is 0 Å². The molecule has 0 aliphatic carbocycles. The van der Waals surface area contributed by atoms with Crippen LogP contribution in [0.1, 0.15) is 47.0 Å². The smallest absolute Gasteiger partial charge is 0.0872 e. The molecule has 0 bridgehead atoms. The van der Waals surface area contributed by atoms with Crippen LogP contribution in [0.5, 0.6) is 0 Å². The molecule has 3 nitrogen and oxygen atoms in total. The van der Waals surface area contributed by atoms with Gasteiger partial charge in [0.25, 0.3) is 0 Å². The maximum atomic E-state index is 4.58. The van der Waals surface area contributed by atoms with E-state index in [1.165, 1.54) is 52.0 Å². The Kier molecular flexibility index (Phi) is 3.38. The van der Waals surface area contributed by atoms with E-state index in [4.69, 9.17) is 0 Å². The van der Waals surface area contributed by atoms with Crippen molar-refractivity contribution in [2.24, 2.45) is 0 Å². The number of aryl methyl sites for hydroxylation is 2. The van der Waals surface area contributed by atoms with Crippen LogP contribution in [0.2, 0.25) is 0 Å². The summed E-state index contributed by atoms with van der Waals surface area (Å²) in [5.74, 6) is 0. The Morgan fingerprint density at radius 2 is 1.90 bits per heavy atom. The quantitative estimate of drug-likeness (QED) is 0.872. The van der Waals surface area contributed by atoms with Crippen LogP contribution in [-0.2, 0) is 0 Å². The van der Waals surface area contributed by atoms with Crippen molar-refractivity contribution in [2.45, 2.75) is 46.6 Å². The first kappa shape index (κ1) is 13.4. The van der Waals surface area contributed by atoms with Gasteiger partial charge in [-0.1, -0.05) is 12.1 Å². The van der Waals surface area contributed by atoms with Crippen molar-refractivity contribution in [1.29, 1.82) is 0 Å². The average Bonchev–Trinajstić information content (AvgIpc) is 3.06. The molecule has 2 aromatic rings. The molecule has 1 aromatic heterocycles. The van der Waals surface area contributed by atoms with E-state index in [1.54, 1.807) is 0 Å². The van der Waals surface area contributed by atoms with Gasteiger partial charge in [-0.05, 0) is 69.3 Å². The van der Waals surface area contributed by atoms with Gasteiger partial charge in [-0.2, -0.15) is 5.10 Å². The van der Waals surface area contributed by atoms with Crippen LogP contribution < -0.4 is 5.32 Å². The van der Waals surface area contributed by atoms with Gasteiger partial charge in [-0.3, -0.25) is 5.10 Å². The van der Waals surface area contributed by atoms with Gasteiger partial charge < -0.3 is 5.32 Å². The van der Waals surface area contributed by atoms with Crippen molar-refractivity contribution >= 4 is 0 Å². The molecule has 1 atom stereocenters. The van der Waals surface area contributed by atoms with Gasteiger partial charge in [0.05, 0.1) is 11.7 Å². The van der Waals surface area contributed by atoms with Crippen molar-refractivity contribution in [3.8, 4) is 11.1 Å². The minimum Gasteiger partial charge on any atom is -0.309 e. The van der Waals surface area contributed by atoms with E-state index in [9.17, 15) is 0 Å². The van der Waals surface area contributed by atoms with E-state index in [-0.39, 0.29) is 0 Å². The van der Waals surface area contributed by atoms with E-state index in [0.717, 1.165) is 6.54 Å². The molecule has 0 radical (unpaired) electrons. The summed E-state index contributed by atoms with van der Waals surface area (Å²) in [6.07, 6.45) is 2.42. The monoisotopic (exact) mass is 269 g/mol. The molecule has 1 aliphatic heterocycles. The highest BCUT2D eigenvalue weighted by atomic mass is 15.1. The largest absolute Gasteiger partial charge is 0.309 e. The number of benzene rings is 1. The molecule has 2 N–H and O–H groups in total. The first-order valence-corrected chi connectivity index (χ1v) is 7.45. The molecular weight excluding hydrogens is 246 g/mol. The minimum atomic E-state index is 0.399. The lowest BCUT2D eigenvalue weighted by atomic mass is 9.91. The number of rotatable bonds is 2. The third kappa shape index (κ3) is 2.06. The summed E-state index contributed by atoms with van der Waals surface area (Å²) in [7, 11) is 0. The molecule has 2 heterocycles. The van der Waals surface area contributed by atoms with E-state index in [2.05, 4.69) is 55.3 Å². The average molecular weight is 269 g/mol. The van der Waals surface area contributed by atoms with Gasteiger partial charge in [0.2, 0.25) is 0 Å². The van der Waals surface area contributed by atoms with Crippen molar-refractivity contribution in [3.63, 3.8) is 0 Å². The first-order valence-electron chi connectivity index (χ1n) is 7.45. The van der Waals surface area contributed by atoms with E-state index < -0.39 is 0 Å². The second-order valence-electron chi connectivity index (χ2n) is 5.94. The molecule has 106 valence electrons. The molecule has 0 amide bonds. The van der Waals surface area contributed by atoms with E-state index >= 15 is 0 Å². The summed E-state index contributed by atoms with van der Waals surface area (Å²) in [5, 5.41) is 11.3. The lowest BCUT2D eigenvalue weighted by Crippen LogP contribution is -2.14. The molecule has 1 unspecified atom stereocenters. The number of H-pyrrole nitrogens is 1. The zero-order chi connectivity index (χ0) is 14.3. The van der Waals surface area contributed by atoms with Crippen molar-refractivity contribution in [2.75, 3.05) is 6.54 Å². The predicted octanol–water partition coefficient (Wildman–Crippen LogP) is 3.73. The van der Waals surface area contributed by atoms with E-state index in [1.807, 2.05) is 0 Å². The Hall–Kier alpha value is -1.61. The summed E-state index contributed by atoms with van der Waals surface area (Å²) in [4.78, 5) is 0. The van der Waals surface area contributed by atoms with Crippen LogP contribution in [0.4, 0.5) is 0 Å². The molecule has 0 saturated carbocycles. The highest BCUT2D eigenvalue weighted by molar-refractivity contribution is 5.73. The van der Waals surface area contributed by atoms with Gasteiger partial charge in [0.1, 0.15) is 0 Å². The number of aromatic nitrogens is 2. The Bertz CT molecular complexity index is 634. The third-order valence-electron chi connectivity index (χ3n) is 4.69. The molecule has 1 fully saturated rings. The second-order valence-corrected chi connectivity index (χ2v) is 5.94. The zero-order valence-corrected chi connectivity index (χ0v) is 12.8. The molecule has 1 aliphatic rings. The highest BCUT2D eigenvalue weighted by Crippen LogP contribution is 2.36. The van der Waals surface area contributed by atoms with Crippen molar-refractivity contribution < 1.29 is 0 Å². The number of aromatic amines is 1. The Labute approximate surface area is 120 Å². The van der Waals surface area contributed by atoms with Crippen molar-refractivity contribution in [3.05, 3.63) is 40.2 Å². The summed E-state index contributed by atoms with van der Waals surface area (Å²) in [6.45, 7) is 9.82. The van der Waals surface area contributed by atoms with Crippen LogP contribution >= 0.6 is 0 Å². The van der Waals surface area contributed by atoms with Crippen LogP contribution in [0.15, 0.2) is 12.1 Å². The lowest BCUT2D eigenvalue weighted by Gasteiger charge is -2.15. The number of nitrogens with one attached hydrogen (secondary N) is 2. The second kappa shape index (κ2) is 5.06. The third-order valence-corrected chi connectivity index (χ3v) is 4.69. The Morgan fingerprint density at radius 3 is 2.60 bits per heavy atom. The standard InChI is InChI=1S/C17H23N3/c1-10-7-8-14(12(3)11(10)2)16-13(4)19-20-17(16)15-6-5-9-18-15/h7-8,15,18H,5-6,9H2,1-4H3,(H,19,20). The molecule has 1 saturated heterocycles. The minimum absolute atomic E-state index is 0.399. The van der Waals surface area contributed by atoms with Gasteiger partial charge in [0.15, 0.2) is 0 Å². The number of nitrogens with zero attached hydrogens (tertiary/aromatic N) is 1. The summed E-state index contributed by atoms with van der Waals surface area (Å²) >= 11 is 0. The number of hydrogen-bond donors (Lipinski definition) is 2. The Morgan fingerprint density at radius 1 is 1.10 bits per heavy atom. The summed E-state index contributed by atoms with van der Waals surface area (Å²) in [5.41, 5.74) is 9.08. The molecule has 3 rings (SSSR count). The van der Waals surface area contributed by atoms with Gasteiger partial charge >= 0.3 is 0 Å². The van der Waals surface area contributed by atoms with Crippen molar-refractivity contribution in [1.82, 2.24) is 15.5 Å². The van der Waals surface area contributed by atoms with Crippen LogP contribution in [0.3, 0.4) is 0 Å². The van der Waals surface area contributed by atoms with Gasteiger partial charge in [0, 0.05) is 11.3 Å². The molecule has 20 heavy (non-hydrogen) atoms. The topological polar surface area (TPSA) is 40.7 Å². The SMILES string of the molecule is Cc1ccc(-c2c(C3CCCN3)n[nH]c2C)c(C)c1C.